The van der Waals surface area contributed by atoms with Crippen LogP contribution in [0.1, 0.15) is 12.5 Å². The largest absolute Gasteiger partial charge is 0.348 e. The maximum Gasteiger partial charge on any atom is 0.243 e. The second kappa shape index (κ2) is 7.20. The molecule has 0 unspecified atom stereocenters. The lowest BCUT2D eigenvalue weighted by molar-refractivity contribution is -0.128. The molecule has 0 heterocycles. The van der Waals surface area contributed by atoms with E-state index in [0.717, 1.165) is 9.87 Å². The highest BCUT2D eigenvalue weighted by molar-refractivity contribution is 7.89. The van der Waals surface area contributed by atoms with Gasteiger partial charge in [0, 0.05) is 20.6 Å². The summed E-state index contributed by atoms with van der Waals surface area (Å²) in [6.07, 6.45) is 0.233. The summed E-state index contributed by atoms with van der Waals surface area (Å²) in [5.74, 6) is -0.276. The van der Waals surface area contributed by atoms with Gasteiger partial charge in [-0.3, -0.25) is 4.79 Å². The quantitative estimate of drug-likeness (QED) is 0.780. The Kier molecular flexibility index (Phi) is 5.88. The van der Waals surface area contributed by atoms with Gasteiger partial charge in [-0.15, -0.1) is 0 Å². The second-order valence-corrected chi connectivity index (χ2v) is 6.64. The number of likely N-dealkylation sites (N-methyl/N-ethyl adjacent to an activating group) is 2. The number of carbonyl (C=O) groups excluding carboxylic acids is 1. The van der Waals surface area contributed by atoms with Crippen molar-refractivity contribution in [2.45, 2.75) is 18.2 Å². The van der Waals surface area contributed by atoms with Gasteiger partial charge in [0.1, 0.15) is 0 Å². The summed E-state index contributed by atoms with van der Waals surface area (Å²) in [4.78, 5) is 13.2. The van der Waals surface area contributed by atoms with Crippen LogP contribution in [0.15, 0.2) is 29.2 Å². The third-order valence-corrected chi connectivity index (χ3v) is 4.94. The Morgan fingerprint density at radius 3 is 2.24 bits per heavy atom. The van der Waals surface area contributed by atoms with E-state index in [0.29, 0.717) is 0 Å². The molecule has 114 valence electrons. The molecule has 1 amide bonds. The van der Waals surface area contributed by atoms with E-state index in [1.165, 1.54) is 17.0 Å². The first kappa shape index (κ1) is 17.1. The molecule has 0 aliphatic heterocycles. The van der Waals surface area contributed by atoms with Crippen molar-refractivity contribution < 1.29 is 13.2 Å². The van der Waals surface area contributed by atoms with E-state index in [1.54, 1.807) is 33.2 Å². The van der Waals surface area contributed by atoms with Crippen LogP contribution in [0.25, 0.3) is 0 Å². The Balaban J connectivity index is 3.02. The number of benzene rings is 1. The molecular formula is C14H19N3O3S. The first-order valence-electron chi connectivity index (χ1n) is 6.49. The van der Waals surface area contributed by atoms with E-state index in [9.17, 15) is 13.2 Å². The zero-order valence-electron chi connectivity index (χ0n) is 12.4. The van der Waals surface area contributed by atoms with Gasteiger partial charge in [-0.2, -0.15) is 9.57 Å². The van der Waals surface area contributed by atoms with Crippen LogP contribution in [0.4, 0.5) is 0 Å². The zero-order chi connectivity index (χ0) is 16.0. The van der Waals surface area contributed by atoms with Crippen molar-refractivity contribution in [2.75, 3.05) is 27.2 Å². The molecule has 1 aromatic carbocycles. The molecule has 0 aromatic heterocycles. The number of nitrogens with zero attached hydrogens (tertiary/aromatic N) is 3. The SMILES string of the molecule is CCN(CC(=O)N(C)C)S(=O)(=O)c1ccc(CC#N)cc1. The molecule has 0 saturated heterocycles. The number of nitriles is 1. The summed E-state index contributed by atoms with van der Waals surface area (Å²) < 4.78 is 26.1. The van der Waals surface area contributed by atoms with Crippen molar-refractivity contribution in [2.24, 2.45) is 0 Å². The fraction of sp³-hybridized carbons (Fsp3) is 0.429. The fourth-order valence-corrected chi connectivity index (χ4v) is 3.08. The van der Waals surface area contributed by atoms with Gasteiger partial charge < -0.3 is 4.90 Å². The number of rotatable bonds is 6. The maximum absolute atomic E-state index is 12.5. The topological polar surface area (TPSA) is 81.5 Å². The van der Waals surface area contributed by atoms with Gasteiger partial charge >= 0.3 is 0 Å². The molecule has 0 aliphatic rings. The molecule has 0 spiro atoms. The van der Waals surface area contributed by atoms with Crippen molar-refractivity contribution in [3.05, 3.63) is 29.8 Å². The molecule has 7 heteroatoms. The normalized spacial score (nSPS) is 11.2. The summed E-state index contributed by atoms with van der Waals surface area (Å²) >= 11 is 0. The Morgan fingerprint density at radius 1 is 1.24 bits per heavy atom. The van der Waals surface area contributed by atoms with Crippen molar-refractivity contribution >= 4 is 15.9 Å². The number of hydrogen-bond acceptors (Lipinski definition) is 4. The van der Waals surface area contributed by atoms with Crippen LogP contribution in [-0.4, -0.2) is 50.7 Å². The average Bonchev–Trinajstić information content (AvgIpc) is 2.45. The van der Waals surface area contributed by atoms with Crippen LogP contribution in [0.3, 0.4) is 0 Å². The standard InChI is InChI=1S/C14H19N3O3S/c1-4-17(11-14(18)16(2)3)21(19,20)13-7-5-12(6-8-13)9-10-15/h5-8H,4,9,11H2,1-3H3. The summed E-state index contributed by atoms with van der Waals surface area (Å²) in [5, 5.41) is 8.61. The Labute approximate surface area is 125 Å². The van der Waals surface area contributed by atoms with Gasteiger partial charge in [0.05, 0.1) is 23.9 Å². The Bertz CT molecular complexity index is 630. The minimum absolute atomic E-state index is 0.123. The van der Waals surface area contributed by atoms with E-state index in [1.807, 2.05) is 6.07 Å². The van der Waals surface area contributed by atoms with Crippen LogP contribution in [-0.2, 0) is 21.2 Å². The van der Waals surface area contributed by atoms with Crippen LogP contribution in [0.2, 0.25) is 0 Å². The maximum atomic E-state index is 12.5. The van der Waals surface area contributed by atoms with Crippen molar-refractivity contribution in [3.8, 4) is 6.07 Å². The first-order valence-corrected chi connectivity index (χ1v) is 7.93. The highest BCUT2D eigenvalue weighted by atomic mass is 32.2. The molecule has 0 fully saturated rings. The number of amides is 1. The van der Waals surface area contributed by atoms with E-state index in [4.69, 9.17) is 5.26 Å². The summed E-state index contributed by atoms with van der Waals surface area (Å²) in [6, 6.07) is 8.15. The average molecular weight is 309 g/mol. The summed E-state index contributed by atoms with van der Waals surface area (Å²) in [6.45, 7) is 1.71. The second-order valence-electron chi connectivity index (χ2n) is 4.70. The van der Waals surface area contributed by atoms with E-state index >= 15 is 0 Å². The van der Waals surface area contributed by atoms with Crippen LogP contribution in [0.5, 0.6) is 0 Å². The van der Waals surface area contributed by atoms with Gasteiger partial charge in [-0.05, 0) is 17.7 Å². The zero-order valence-corrected chi connectivity index (χ0v) is 13.2. The van der Waals surface area contributed by atoms with Crippen molar-refractivity contribution in [1.29, 1.82) is 5.26 Å². The van der Waals surface area contributed by atoms with Crippen LogP contribution >= 0.6 is 0 Å². The van der Waals surface area contributed by atoms with E-state index in [-0.39, 0.29) is 30.3 Å². The Morgan fingerprint density at radius 2 is 1.81 bits per heavy atom. The van der Waals surface area contributed by atoms with Crippen LogP contribution < -0.4 is 0 Å². The molecule has 21 heavy (non-hydrogen) atoms. The molecule has 0 bridgehead atoms. The molecular weight excluding hydrogens is 290 g/mol. The Hall–Kier alpha value is -1.91. The number of hydrogen-bond donors (Lipinski definition) is 0. The van der Waals surface area contributed by atoms with Gasteiger partial charge in [-0.1, -0.05) is 19.1 Å². The molecule has 1 rings (SSSR count). The minimum Gasteiger partial charge on any atom is -0.348 e. The smallest absolute Gasteiger partial charge is 0.243 e. The predicted molar refractivity (Wildman–Crippen MR) is 78.9 cm³/mol. The molecule has 0 radical (unpaired) electrons. The molecule has 0 N–H and O–H groups in total. The predicted octanol–water partition coefficient (Wildman–Crippen LogP) is 0.851. The summed E-state index contributed by atoms with van der Waals surface area (Å²) in [7, 11) is -0.543. The minimum atomic E-state index is -3.71. The molecule has 6 nitrogen and oxygen atoms in total. The van der Waals surface area contributed by atoms with Crippen molar-refractivity contribution in [1.82, 2.24) is 9.21 Å². The lowest BCUT2D eigenvalue weighted by Crippen LogP contribution is -2.40. The van der Waals surface area contributed by atoms with Crippen LogP contribution in [0, 0.1) is 11.3 Å². The molecule has 1 aromatic rings. The molecule has 0 saturated carbocycles. The first-order chi connectivity index (χ1) is 9.82. The highest BCUT2D eigenvalue weighted by Crippen LogP contribution is 2.16. The van der Waals surface area contributed by atoms with Gasteiger partial charge in [0.15, 0.2) is 0 Å². The molecule has 0 aliphatic carbocycles. The summed E-state index contributed by atoms with van der Waals surface area (Å²) in [5.41, 5.74) is 0.754. The monoisotopic (exact) mass is 309 g/mol. The highest BCUT2D eigenvalue weighted by Gasteiger charge is 2.25. The third-order valence-electron chi connectivity index (χ3n) is 3.01. The lowest BCUT2D eigenvalue weighted by Gasteiger charge is -2.21. The fourth-order valence-electron chi connectivity index (χ4n) is 1.68. The number of sulfonamides is 1. The van der Waals surface area contributed by atoms with Gasteiger partial charge in [0.25, 0.3) is 0 Å². The lowest BCUT2D eigenvalue weighted by atomic mass is 10.2. The van der Waals surface area contributed by atoms with Crippen molar-refractivity contribution in [3.63, 3.8) is 0 Å². The van der Waals surface area contributed by atoms with E-state index < -0.39 is 10.0 Å². The van der Waals surface area contributed by atoms with Gasteiger partial charge in [-0.25, -0.2) is 8.42 Å². The molecule has 0 atom stereocenters. The third kappa shape index (κ3) is 4.28. The van der Waals surface area contributed by atoms with E-state index in [2.05, 4.69) is 0 Å². The number of carbonyl (C=O) groups is 1. The van der Waals surface area contributed by atoms with Gasteiger partial charge in [0.2, 0.25) is 15.9 Å².